The average Bonchev–Trinajstić information content (AvgIpc) is 2.84. The zero-order valence-electron chi connectivity index (χ0n) is 15.7. The standard InChI is InChI=1S/C9H14N4.C8H16N2O.H2O.H2/c1-4-11-9(12-5-1)13-7-2-3-10-6-8-13;1-8(2,3)6(11)5-7(9)10-4;;/h1,4-5,10H,2-3,6-8H2;5,11H,1-4H3,(H2,9,10);1H2;1H/b;6-5-;;. The number of rotatable bonds is 2. The fraction of sp³-hybridized carbons (Fsp3) is 0.588. The molecule has 1 aliphatic rings. The van der Waals surface area contributed by atoms with Gasteiger partial charge in [-0.15, -0.1) is 0 Å². The zero-order valence-corrected chi connectivity index (χ0v) is 15.7. The highest BCUT2D eigenvalue weighted by Gasteiger charge is 2.15. The van der Waals surface area contributed by atoms with Crippen molar-refractivity contribution in [2.75, 3.05) is 38.1 Å². The number of amidine groups is 1. The van der Waals surface area contributed by atoms with E-state index in [0.29, 0.717) is 5.84 Å². The summed E-state index contributed by atoms with van der Waals surface area (Å²) in [4.78, 5) is 14.4. The molecule has 2 heterocycles. The Hall–Kier alpha value is -2.19. The van der Waals surface area contributed by atoms with Gasteiger partial charge in [0, 0.05) is 52.0 Å². The van der Waals surface area contributed by atoms with E-state index >= 15 is 0 Å². The molecule has 2 rings (SSSR count). The fourth-order valence-corrected chi connectivity index (χ4v) is 1.92. The maximum Gasteiger partial charge on any atom is 0.225 e. The Morgan fingerprint density at radius 2 is 1.96 bits per heavy atom. The number of nitrogens with two attached hydrogens (primary N) is 1. The molecule has 0 aliphatic carbocycles. The molecule has 0 radical (unpaired) electrons. The van der Waals surface area contributed by atoms with E-state index in [4.69, 9.17) is 5.73 Å². The van der Waals surface area contributed by atoms with Gasteiger partial charge in [-0.25, -0.2) is 9.97 Å². The van der Waals surface area contributed by atoms with E-state index in [2.05, 4.69) is 25.2 Å². The van der Waals surface area contributed by atoms with Crippen molar-refractivity contribution in [2.45, 2.75) is 27.2 Å². The monoisotopic (exact) mass is 354 g/mol. The van der Waals surface area contributed by atoms with E-state index in [1.54, 1.807) is 19.4 Å². The predicted molar refractivity (Wildman–Crippen MR) is 105 cm³/mol. The fourth-order valence-electron chi connectivity index (χ4n) is 1.92. The van der Waals surface area contributed by atoms with Crippen LogP contribution in [0.15, 0.2) is 35.3 Å². The second-order valence-corrected chi connectivity index (χ2v) is 6.57. The highest BCUT2D eigenvalue weighted by atomic mass is 16.3. The lowest BCUT2D eigenvalue weighted by Gasteiger charge is -2.18. The van der Waals surface area contributed by atoms with Crippen LogP contribution in [0.4, 0.5) is 5.95 Å². The van der Waals surface area contributed by atoms with Crippen molar-refractivity contribution >= 4 is 11.8 Å². The van der Waals surface area contributed by atoms with Crippen LogP contribution in [0, 0.1) is 5.41 Å². The van der Waals surface area contributed by atoms with E-state index < -0.39 is 0 Å². The summed E-state index contributed by atoms with van der Waals surface area (Å²) < 4.78 is 0. The van der Waals surface area contributed by atoms with E-state index in [9.17, 15) is 5.11 Å². The number of aliphatic hydroxyl groups excluding tert-OH is 1. The van der Waals surface area contributed by atoms with Crippen LogP contribution in [0.3, 0.4) is 0 Å². The minimum Gasteiger partial charge on any atom is -0.512 e. The lowest BCUT2D eigenvalue weighted by molar-refractivity contribution is 0.278. The molecule has 0 bridgehead atoms. The molecule has 0 atom stereocenters. The van der Waals surface area contributed by atoms with Gasteiger partial charge >= 0.3 is 0 Å². The maximum atomic E-state index is 9.39. The Kier molecular flexibility index (Phi) is 10.4. The van der Waals surface area contributed by atoms with E-state index in [1.165, 1.54) is 6.08 Å². The summed E-state index contributed by atoms with van der Waals surface area (Å²) >= 11 is 0. The molecule has 0 aromatic carbocycles. The molecule has 1 aromatic heterocycles. The molecule has 8 heteroatoms. The number of aromatic nitrogens is 2. The smallest absolute Gasteiger partial charge is 0.225 e. The molecule has 1 saturated heterocycles. The molecule has 144 valence electrons. The molecular formula is C17H34N6O2. The Labute approximate surface area is 151 Å². The summed E-state index contributed by atoms with van der Waals surface area (Å²) in [6, 6.07) is 1.85. The van der Waals surface area contributed by atoms with Gasteiger partial charge in [0.1, 0.15) is 11.6 Å². The van der Waals surface area contributed by atoms with Crippen molar-refractivity contribution in [2.24, 2.45) is 16.1 Å². The van der Waals surface area contributed by atoms with Gasteiger partial charge < -0.3 is 26.5 Å². The average molecular weight is 354 g/mol. The van der Waals surface area contributed by atoms with Crippen molar-refractivity contribution in [3.05, 3.63) is 30.3 Å². The maximum absolute atomic E-state index is 9.39. The van der Waals surface area contributed by atoms with Gasteiger partial charge in [-0.3, -0.25) is 4.99 Å². The largest absolute Gasteiger partial charge is 0.512 e. The van der Waals surface area contributed by atoms with Gasteiger partial charge in [0.15, 0.2) is 0 Å². The third-order valence-corrected chi connectivity index (χ3v) is 3.49. The first-order chi connectivity index (χ1) is 11.3. The lowest BCUT2D eigenvalue weighted by atomic mass is 9.93. The van der Waals surface area contributed by atoms with Crippen LogP contribution >= 0.6 is 0 Å². The molecule has 0 saturated carbocycles. The van der Waals surface area contributed by atoms with Crippen molar-refractivity contribution in [1.82, 2.24) is 15.3 Å². The Morgan fingerprint density at radius 3 is 2.52 bits per heavy atom. The molecule has 0 unspecified atom stereocenters. The summed E-state index contributed by atoms with van der Waals surface area (Å²) in [6.07, 6.45) is 6.22. The van der Waals surface area contributed by atoms with Crippen molar-refractivity contribution in [3.8, 4) is 0 Å². The SMILES string of the molecule is CN=C(N)/C=C(\O)C(C)(C)C.O.[HH].c1cnc(N2CCCNCC2)nc1. The number of allylic oxidation sites excluding steroid dienone is 1. The number of anilines is 1. The summed E-state index contributed by atoms with van der Waals surface area (Å²) in [5.41, 5.74) is 5.13. The van der Waals surface area contributed by atoms with E-state index in [0.717, 1.165) is 38.5 Å². The first-order valence-corrected chi connectivity index (χ1v) is 8.20. The molecule has 0 amide bonds. The van der Waals surface area contributed by atoms with Gasteiger partial charge in [0.2, 0.25) is 5.95 Å². The molecule has 25 heavy (non-hydrogen) atoms. The highest BCUT2D eigenvalue weighted by Crippen LogP contribution is 2.21. The third kappa shape index (κ3) is 9.02. The Morgan fingerprint density at radius 1 is 1.32 bits per heavy atom. The van der Waals surface area contributed by atoms with Crippen LogP contribution in [0.2, 0.25) is 0 Å². The van der Waals surface area contributed by atoms with Gasteiger partial charge in [0.25, 0.3) is 0 Å². The number of nitrogens with one attached hydrogen (secondary N) is 1. The van der Waals surface area contributed by atoms with Gasteiger partial charge in [-0.1, -0.05) is 20.8 Å². The Balaban J connectivity index is 0. The number of hydrogen-bond donors (Lipinski definition) is 3. The number of aliphatic hydroxyl groups is 1. The van der Waals surface area contributed by atoms with Crippen LogP contribution in [0.5, 0.6) is 0 Å². The lowest BCUT2D eigenvalue weighted by Crippen LogP contribution is -2.29. The molecule has 6 N–H and O–H groups in total. The normalized spacial score (nSPS) is 16.2. The summed E-state index contributed by atoms with van der Waals surface area (Å²) in [6.45, 7) is 9.90. The molecule has 1 aliphatic heterocycles. The van der Waals surface area contributed by atoms with Crippen LogP contribution in [-0.2, 0) is 0 Å². The molecule has 0 spiro atoms. The third-order valence-electron chi connectivity index (χ3n) is 3.49. The quantitative estimate of drug-likeness (QED) is 0.415. The summed E-state index contributed by atoms with van der Waals surface area (Å²) in [5, 5.41) is 12.7. The number of hydrogen-bond acceptors (Lipinski definition) is 6. The second kappa shape index (κ2) is 11.4. The van der Waals surface area contributed by atoms with Gasteiger partial charge in [-0.2, -0.15) is 0 Å². The number of nitrogens with zero attached hydrogens (tertiary/aromatic N) is 4. The van der Waals surface area contributed by atoms with Crippen LogP contribution < -0.4 is 16.0 Å². The molecule has 1 aromatic rings. The van der Waals surface area contributed by atoms with Crippen LogP contribution in [0.25, 0.3) is 0 Å². The molecular weight excluding hydrogens is 320 g/mol. The minimum atomic E-state index is -0.255. The van der Waals surface area contributed by atoms with Crippen LogP contribution in [0.1, 0.15) is 28.6 Å². The van der Waals surface area contributed by atoms with E-state index in [-0.39, 0.29) is 18.1 Å². The first kappa shape index (κ1) is 22.8. The Bertz CT molecular complexity index is 538. The number of aliphatic imine (C=N–C) groups is 1. The van der Waals surface area contributed by atoms with Crippen molar-refractivity contribution in [1.29, 1.82) is 0 Å². The summed E-state index contributed by atoms with van der Waals surface area (Å²) in [5.74, 6) is 1.45. The van der Waals surface area contributed by atoms with Crippen LogP contribution in [-0.4, -0.2) is 59.6 Å². The van der Waals surface area contributed by atoms with Crippen molar-refractivity contribution in [3.63, 3.8) is 0 Å². The minimum absolute atomic E-state index is 0. The van der Waals surface area contributed by atoms with Gasteiger partial charge in [-0.05, 0) is 19.0 Å². The molecule has 1 fully saturated rings. The predicted octanol–water partition coefficient (Wildman–Crippen LogP) is 1.16. The highest BCUT2D eigenvalue weighted by molar-refractivity contribution is 5.91. The topological polar surface area (TPSA) is 131 Å². The van der Waals surface area contributed by atoms with Gasteiger partial charge in [0.05, 0.1) is 0 Å². The second-order valence-electron chi connectivity index (χ2n) is 6.57. The zero-order chi connectivity index (χ0) is 18.0. The van der Waals surface area contributed by atoms with E-state index in [1.807, 2.05) is 26.8 Å². The molecule has 8 nitrogen and oxygen atoms in total. The van der Waals surface area contributed by atoms with Crippen molar-refractivity contribution < 1.29 is 12.0 Å². The summed E-state index contributed by atoms with van der Waals surface area (Å²) in [7, 11) is 1.59. The first-order valence-electron chi connectivity index (χ1n) is 8.20.